The van der Waals surface area contributed by atoms with Crippen molar-refractivity contribution in [2.24, 2.45) is 5.41 Å². The smallest absolute Gasteiger partial charge is 0.157 e. The van der Waals surface area contributed by atoms with E-state index < -0.39 is 0 Å². The number of hydrogen-bond donors (Lipinski definition) is 0. The highest BCUT2D eigenvalue weighted by atomic mass is 16.7. The van der Waals surface area contributed by atoms with Gasteiger partial charge in [-0.25, -0.2) is 0 Å². The minimum Gasteiger partial charge on any atom is -0.353 e. The number of benzene rings is 1. The lowest BCUT2D eigenvalue weighted by Gasteiger charge is -2.39. The fourth-order valence-electron chi connectivity index (χ4n) is 5.96. The van der Waals surface area contributed by atoms with E-state index in [1.807, 2.05) is 0 Å². The van der Waals surface area contributed by atoms with Crippen LogP contribution in [-0.2, 0) is 33.5 Å². The van der Waals surface area contributed by atoms with E-state index in [1.165, 1.54) is 24.0 Å². The molecule has 3 heteroatoms. The SMILES string of the molecule is CC12CCc3c(ccc4c3CC[C@H](OC3CCCCO3)C4)C1CCC2=O. The zero-order chi connectivity index (χ0) is 17.7. The molecule has 0 aromatic heterocycles. The topological polar surface area (TPSA) is 35.5 Å². The Morgan fingerprint density at radius 2 is 2.00 bits per heavy atom. The summed E-state index contributed by atoms with van der Waals surface area (Å²) < 4.78 is 12.0. The van der Waals surface area contributed by atoms with Crippen molar-refractivity contribution in [1.29, 1.82) is 0 Å². The normalized spacial score (nSPS) is 36.3. The van der Waals surface area contributed by atoms with Gasteiger partial charge in [0, 0.05) is 18.4 Å². The van der Waals surface area contributed by atoms with Gasteiger partial charge < -0.3 is 9.47 Å². The van der Waals surface area contributed by atoms with Crippen LogP contribution in [0, 0.1) is 5.41 Å². The van der Waals surface area contributed by atoms with Crippen LogP contribution in [0.1, 0.15) is 80.0 Å². The zero-order valence-electron chi connectivity index (χ0n) is 15.9. The zero-order valence-corrected chi connectivity index (χ0v) is 15.9. The largest absolute Gasteiger partial charge is 0.353 e. The van der Waals surface area contributed by atoms with Gasteiger partial charge in [0.1, 0.15) is 5.78 Å². The quantitative estimate of drug-likeness (QED) is 0.785. The molecule has 0 amide bonds. The Labute approximate surface area is 156 Å². The van der Waals surface area contributed by atoms with Gasteiger partial charge in [-0.3, -0.25) is 4.79 Å². The molecule has 26 heavy (non-hydrogen) atoms. The molecule has 1 saturated heterocycles. The van der Waals surface area contributed by atoms with E-state index in [2.05, 4.69) is 19.1 Å². The van der Waals surface area contributed by atoms with Crippen LogP contribution in [0.4, 0.5) is 0 Å². The maximum absolute atomic E-state index is 12.4. The number of ether oxygens (including phenoxy) is 2. The van der Waals surface area contributed by atoms with Crippen LogP contribution < -0.4 is 0 Å². The van der Waals surface area contributed by atoms with Crippen molar-refractivity contribution >= 4 is 5.78 Å². The number of rotatable bonds is 2. The summed E-state index contributed by atoms with van der Waals surface area (Å²) in [4.78, 5) is 12.4. The van der Waals surface area contributed by atoms with Crippen molar-refractivity contribution in [3.63, 3.8) is 0 Å². The fraction of sp³-hybridized carbons (Fsp3) is 0.696. The Kier molecular flexibility index (Phi) is 4.21. The summed E-state index contributed by atoms with van der Waals surface area (Å²) in [6.07, 6.45) is 10.9. The first-order valence-corrected chi connectivity index (χ1v) is 10.6. The first-order valence-electron chi connectivity index (χ1n) is 10.6. The van der Waals surface area contributed by atoms with E-state index in [0.29, 0.717) is 17.8 Å². The molecular formula is C23H30O3. The number of carbonyl (C=O) groups excluding carboxylic acids is 1. The standard InChI is InChI=1S/C23H30O3/c1-23-12-11-18-17-8-6-16(26-22-4-2-3-13-25-22)14-15(17)5-7-19(18)20(23)9-10-21(23)24/h5,7,16,20,22H,2-4,6,8-14H2,1H3/t16-,20?,22?,23?/m0/s1. The minimum atomic E-state index is -0.0974. The van der Waals surface area contributed by atoms with Crippen molar-refractivity contribution in [3.05, 3.63) is 34.4 Å². The second-order valence-electron chi connectivity index (χ2n) is 9.00. The number of Topliss-reactive ketones (excluding diaryl/α,β-unsaturated/α-hetero) is 1. The van der Waals surface area contributed by atoms with Crippen LogP contribution in [-0.4, -0.2) is 24.8 Å². The molecule has 2 fully saturated rings. The van der Waals surface area contributed by atoms with E-state index in [1.54, 1.807) is 11.1 Å². The molecule has 3 unspecified atom stereocenters. The van der Waals surface area contributed by atoms with Crippen LogP contribution in [0.15, 0.2) is 12.1 Å². The van der Waals surface area contributed by atoms with Gasteiger partial charge in [0.25, 0.3) is 0 Å². The van der Waals surface area contributed by atoms with Gasteiger partial charge in [0.05, 0.1) is 6.10 Å². The molecular weight excluding hydrogens is 324 g/mol. The first kappa shape index (κ1) is 16.9. The maximum atomic E-state index is 12.4. The summed E-state index contributed by atoms with van der Waals surface area (Å²) in [7, 11) is 0. The van der Waals surface area contributed by atoms with Crippen molar-refractivity contribution in [3.8, 4) is 0 Å². The van der Waals surface area contributed by atoms with Crippen molar-refractivity contribution in [1.82, 2.24) is 0 Å². The van der Waals surface area contributed by atoms with Crippen molar-refractivity contribution in [2.45, 2.75) is 89.4 Å². The van der Waals surface area contributed by atoms with Gasteiger partial charge in [0.2, 0.25) is 0 Å². The lowest BCUT2D eigenvalue weighted by atomic mass is 9.64. The second-order valence-corrected chi connectivity index (χ2v) is 9.00. The highest BCUT2D eigenvalue weighted by molar-refractivity contribution is 5.88. The number of hydrogen-bond acceptors (Lipinski definition) is 3. The summed E-state index contributed by atoms with van der Waals surface area (Å²) in [6.45, 7) is 3.06. The molecule has 1 aliphatic heterocycles. The summed E-state index contributed by atoms with van der Waals surface area (Å²) in [5.74, 6) is 0.945. The summed E-state index contributed by atoms with van der Waals surface area (Å²) in [5, 5.41) is 0. The Morgan fingerprint density at radius 3 is 2.85 bits per heavy atom. The molecule has 0 bridgehead atoms. The molecule has 1 aromatic carbocycles. The third-order valence-electron chi connectivity index (χ3n) is 7.55. The lowest BCUT2D eigenvalue weighted by molar-refractivity contribution is -0.189. The average Bonchev–Trinajstić information content (AvgIpc) is 2.97. The highest BCUT2D eigenvalue weighted by Gasteiger charge is 2.49. The van der Waals surface area contributed by atoms with Gasteiger partial charge >= 0.3 is 0 Å². The molecule has 3 aliphatic carbocycles. The molecule has 5 rings (SSSR count). The van der Waals surface area contributed by atoms with Crippen LogP contribution in [0.3, 0.4) is 0 Å². The third kappa shape index (κ3) is 2.66. The number of fused-ring (bicyclic) bond motifs is 5. The summed E-state index contributed by atoms with van der Waals surface area (Å²) in [6, 6.07) is 4.67. The van der Waals surface area contributed by atoms with Crippen molar-refractivity contribution in [2.75, 3.05) is 6.61 Å². The van der Waals surface area contributed by atoms with E-state index in [0.717, 1.165) is 58.0 Å². The molecule has 3 nitrogen and oxygen atoms in total. The van der Waals surface area contributed by atoms with Crippen molar-refractivity contribution < 1.29 is 14.3 Å². The molecule has 0 radical (unpaired) electrons. The lowest BCUT2D eigenvalue weighted by Crippen LogP contribution is -2.35. The minimum absolute atomic E-state index is 0.0122. The number of ketones is 1. The van der Waals surface area contributed by atoms with Crippen LogP contribution in [0.5, 0.6) is 0 Å². The van der Waals surface area contributed by atoms with E-state index >= 15 is 0 Å². The molecule has 140 valence electrons. The fourth-order valence-corrected chi connectivity index (χ4v) is 5.96. The summed E-state index contributed by atoms with van der Waals surface area (Å²) in [5.41, 5.74) is 6.02. The summed E-state index contributed by atoms with van der Waals surface area (Å²) >= 11 is 0. The molecule has 0 N–H and O–H groups in total. The second kappa shape index (κ2) is 6.45. The monoisotopic (exact) mass is 354 g/mol. The molecule has 1 saturated carbocycles. The predicted molar refractivity (Wildman–Crippen MR) is 100 cm³/mol. The molecule has 1 heterocycles. The van der Waals surface area contributed by atoms with E-state index in [9.17, 15) is 4.79 Å². The Morgan fingerprint density at radius 1 is 1.08 bits per heavy atom. The van der Waals surface area contributed by atoms with E-state index in [4.69, 9.17) is 9.47 Å². The molecule has 1 aromatic rings. The van der Waals surface area contributed by atoms with Crippen LogP contribution in [0.2, 0.25) is 0 Å². The van der Waals surface area contributed by atoms with E-state index in [-0.39, 0.29) is 11.7 Å². The third-order valence-corrected chi connectivity index (χ3v) is 7.55. The average molecular weight is 354 g/mol. The molecule has 4 aliphatic rings. The highest BCUT2D eigenvalue weighted by Crippen LogP contribution is 2.54. The van der Waals surface area contributed by atoms with Crippen LogP contribution in [0.25, 0.3) is 0 Å². The Bertz CT molecular complexity index is 718. The molecule has 4 atom stereocenters. The van der Waals surface area contributed by atoms with Gasteiger partial charge in [-0.05, 0) is 86.0 Å². The predicted octanol–water partition coefficient (Wildman–Crippen LogP) is 4.49. The molecule has 0 spiro atoms. The van der Waals surface area contributed by atoms with Gasteiger partial charge in [0.15, 0.2) is 6.29 Å². The van der Waals surface area contributed by atoms with Crippen LogP contribution >= 0.6 is 0 Å². The maximum Gasteiger partial charge on any atom is 0.157 e. The Hall–Kier alpha value is -1.19. The van der Waals surface area contributed by atoms with Gasteiger partial charge in [-0.1, -0.05) is 19.1 Å². The first-order chi connectivity index (χ1) is 12.6. The van der Waals surface area contributed by atoms with Gasteiger partial charge in [-0.15, -0.1) is 0 Å². The van der Waals surface area contributed by atoms with Gasteiger partial charge in [-0.2, -0.15) is 0 Å². The number of carbonyl (C=O) groups is 1. The Balaban J connectivity index is 1.37.